The summed E-state index contributed by atoms with van der Waals surface area (Å²) in [6, 6.07) is 17.2. The van der Waals surface area contributed by atoms with E-state index < -0.39 is 5.97 Å². The minimum Gasteiger partial charge on any atom is -0.545 e. The summed E-state index contributed by atoms with van der Waals surface area (Å²) in [5.41, 5.74) is 1.51. The quantitative estimate of drug-likeness (QED) is 0.669. The second-order valence-electron chi connectivity index (χ2n) is 5.32. The number of aromatic carboxylic acids is 1. The first-order valence-electron chi connectivity index (χ1n) is 7.59. The molecule has 0 aliphatic heterocycles. The molecule has 0 aliphatic rings. The van der Waals surface area contributed by atoms with E-state index in [4.69, 9.17) is 13.9 Å². The lowest BCUT2D eigenvalue weighted by Crippen LogP contribution is -2.22. The van der Waals surface area contributed by atoms with Crippen LogP contribution in [0, 0.1) is 0 Å². The molecule has 0 aliphatic carbocycles. The average molecular weight is 336 g/mol. The molecule has 25 heavy (non-hydrogen) atoms. The number of methoxy groups -OCH3 is 2. The predicted molar refractivity (Wildman–Crippen MR) is 91.4 cm³/mol. The van der Waals surface area contributed by atoms with Gasteiger partial charge in [0.25, 0.3) is 0 Å². The lowest BCUT2D eigenvalue weighted by atomic mass is 10.1. The Hall–Kier alpha value is -3.34. The highest BCUT2D eigenvalue weighted by Crippen LogP contribution is 2.30. The van der Waals surface area contributed by atoms with Gasteiger partial charge < -0.3 is 19.4 Å². The summed E-state index contributed by atoms with van der Waals surface area (Å²) in [4.78, 5) is 11.4. The SMILES string of the molecule is COc1ccc(-c2cc(C(=O)[O-])cc(-c3ccc(OC)cc3)[o+]2)cc1. The number of carboxylic acids is 1. The van der Waals surface area contributed by atoms with Gasteiger partial charge in [-0.05, 0) is 48.5 Å². The zero-order chi connectivity index (χ0) is 17.8. The van der Waals surface area contributed by atoms with Gasteiger partial charge >= 0.3 is 11.5 Å². The van der Waals surface area contributed by atoms with Crippen molar-refractivity contribution in [3.63, 3.8) is 0 Å². The van der Waals surface area contributed by atoms with Crippen LogP contribution in [0.4, 0.5) is 0 Å². The summed E-state index contributed by atoms with van der Waals surface area (Å²) < 4.78 is 16.2. The van der Waals surface area contributed by atoms with Gasteiger partial charge in [-0.3, -0.25) is 0 Å². The van der Waals surface area contributed by atoms with Crippen LogP contribution in [-0.4, -0.2) is 20.2 Å². The largest absolute Gasteiger partial charge is 0.545 e. The molecule has 3 rings (SSSR count). The van der Waals surface area contributed by atoms with Gasteiger partial charge in [0.1, 0.15) is 11.5 Å². The van der Waals surface area contributed by atoms with Crippen molar-refractivity contribution in [2.45, 2.75) is 0 Å². The number of ether oxygens (including phenoxy) is 2. The van der Waals surface area contributed by atoms with Crippen molar-refractivity contribution in [3.05, 3.63) is 66.2 Å². The van der Waals surface area contributed by atoms with Gasteiger partial charge in [0.15, 0.2) is 0 Å². The third-order valence-corrected chi connectivity index (χ3v) is 3.78. The third-order valence-electron chi connectivity index (χ3n) is 3.78. The molecule has 126 valence electrons. The van der Waals surface area contributed by atoms with Crippen molar-refractivity contribution >= 4 is 5.97 Å². The Morgan fingerprint density at radius 3 is 1.52 bits per heavy atom. The first-order chi connectivity index (χ1) is 12.1. The van der Waals surface area contributed by atoms with Crippen LogP contribution in [0.2, 0.25) is 0 Å². The summed E-state index contributed by atoms with van der Waals surface area (Å²) in [5.74, 6) is 0.996. The van der Waals surface area contributed by atoms with E-state index >= 15 is 0 Å². The Bertz CT molecular complexity index is 817. The lowest BCUT2D eigenvalue weighted by molar-refractivity contribution is -0.255. The molecule has 1 heterocycles. The first-order valence-corrected chi connectivity index (χ1v) is 7.59. The molecule has 0 fully saturated rings. The second-order valence-corrected chi connectivity index (χ2v) is 5.32. The van der Waals surface area contributed by atoms with Gasteiger partial charge in [0, 0.05) is 5.56 Å². The Morgan fingerprint density at radius 2 is 1.20 bits per heavy atom. The number of carboxylic acid groups (broad SMARTS) is 1. The Morgan fingerprint density at radius 1 is 0.800 bits per heavy atom. The average Bonchev–Trinajstić information content (AvgIpc) is 2.67. The van der Waals surface area contributed by atoms with Crippen LogP contribution in [0.25, 0.3) is 22.6 Å². The van der Waals surface area contributed by atoms with Crippen LogP contribution < -0.4 is 14.6 Å². The minimum absolute atomic E-state index is 0.0443. The number of carbonyl (C=O) groups excluding carboxylic acids is 1. The molecule has 0 amide bonds. The molecule has 2 aromatic carbocycles. The number of hydrogen-bond donors (Lipinski definition) is 0. The monoisotopic (exact) mass is 336 g/mol. The molecular weight excluding hydrogens is 320 g/mol. The third kappa shape index (κ3) is 3.61. The van der Waals surface area contributed by atoms with Crippen LogP contribution in [-0.2, 0) is 0 Å². The fourth-order valence-electron chi connectivity index (χ4n) is 2.41. The van der Waals surface area contributed by atoms with Crippen molar-refractivity contribution in [3.8, 4) is 34.1 Å². The van der Waals surface area contributed by atoms with E-state index in [2.05, 4.69) is 0 Å². The summed E-state index contributed by atoms with van der Waals surface area (Å²) in [5, 5.41) is 11.4. The van der Waals surface area contributed by atoms with E-state index in [0.717, 1.165) is 11.1 Å². The Labute approximate surface area is 145 Å². The van der Waals surface area contributed by atoms with Gasteiger partial charge in [-0.15, -0.1) is 0 Å². The molecular formula is C20H16O5. The van der Waals surface area contributed by atoms with Crippen LogP contribution in [0.1, 0.15) is 10.4 Å². The molecule has 3 aromatic rings. The van der Waals surface area contributed by atoms with E-state index in [1.807, 2.05) is 0 Å². The Kier molecular flexibility index (Phi) is 4.66. The van der Waals surface area contributed by atoms with Gasteiger partial charge in [-0.25, -0.2) is 4.42 Å². The maximum atomic E-state index is 11.4. The van der Waals surface area contributed by atoms with Crippen molar-refractivity contribution in [1.82, 2.24) is 0 Å². The van der Waals surface area contributed by atoms with Crippen LogP contribution in [0.15, 0.2) is 65.1 Å². The molecule has 0 N–H and O–H groups in total. The molecule has 5 nitrogen and oxygen atoms in total. The normalized spacial score (nSPS) is 10.3. The van der Waals surface area contributed by atoms with Crippen molar-refractivity contribution in [1.29, 1.82) is 0 Å². The highest BCUT2D eigenvalue weighted by Gasteiger charge is 2.20. The standard InChI is InChI=1S/C20H16O5/c1-23-16-7-3-13(4-8-16)18-11-15(20(21)22)12-19(25-18)14-5-9-17(24-2)10-6-14/h3-12H,1-2H3. The molecule has 0 saturated carbocycles. The Balaban J connectivity index is 2.08. The molecule has 5 heteroatoms. The molecule has 1 aromatic heterocycles. The molecule has 0 spiro atoms. The van der Waals surface area contributed by atoms with E-state index in [0.29, 0.717) is 23.0 Å². The second kappa shape index (κ2) is 7.05. The van der Waals surface area contributed by atoms with Crippen LogP contribution in [0.3, 0.4) is 0 Å². The van der Waals surface area contributed by atoms with E-state index in [-0.39, 0.29) is 5.56 Å². The molecule has 0 radical (unpaired) electrons. The fraction of sp³-hybridized carbons (Fsp3) is 0.100. The zero-order valence-corrected chi connectivity index (χ0v) is 13.8. The number of hydrogen-bond acceptors (Lipinski definition) is 4. The van der Waals surface area contributed by atoms with Crippen molar-refractivity contribution in [2.75, 3.05) is 14.2 Å². The summed E-state index contributed by atoms with van der Waals surface area (Å²) in [6.07, 6.45) is 0. The van der Waals surface area contributed by atoms with Crippen molar-refractivity contribution in [2.24, 2.45) is 0 Å². The van der Waals surface area contributed by atoms with Gasteiger partial charge in [0.05, 0.1) is 43.4 Å². The fourth-order valence-corrected chi connectivity index (χ4v) is 2.41. The lowest BCUT2D eigenvalue weighted by Gasteiger charge is -2.03. The van der Waals surface area contributed by atoms with Crippen LogP contribution in [0.5, 0.6) is 11.5 Å². The summed E-state index contributed by atoms with van der Waals surface area (Å²) >= 11 is 0. The first kappa shape index (κ1) is 16.5. The molecule has 0 bridgehead atoms. The van der Waals surface area contributed by atoms with E-state index in [1.165, 1.54) is 12.1 Å². The van der Waals surface area contributed by atoms with E-state index in [9.17, 15) is 9.90 Å². The van der Waals surface area contributed by atoms with Crippen molar-refractivity contribution < 1.29 is 23.8 Å². The highest BCUT2D eigenvalue weighted by atomic mass is 16.5. The smallest absolute Gasteiger partial charge is 0.361 e. The number of rotatable bonds is 5. The number of carbonyl (C=O) groups is 1. The summed E-state index contributed by atoms with van der Waals surface area (Å²) in [6.45, 7) is 0. The minimum atomic E-state index is -1.26. The van der Waals surface area contributed by atoms with E-state index in [1.54, 1.807) is 62.8 Å². The topological polar surface area (TPSA) is 69.9 Å². The van der Waals surface area contributed by atoms with Gasteiger partial charge in [-0.1, -0.05) is 0 Å². The summed E-state index contributed by atoms with van der Waals surface area (Å²) in [7, 11) is 3.16. The maximum Gasteiger partial charge on any atom is 0.361 e. The molecule has 0 saturated heterocycles. The zero-order valence-electron chi connectivity index (χ0n) is 13.8. The predicted octanol–water partition coefficient (Wildman–Crippen LogP) is 3.28. The van der Waals surface area contributed by atoms with Gasteiger partial charge in [0.2, 0.25) is 0 Å². The molecule has 0 atom stereocenters. The maximum absolute atomic E-state index is 11.4. The number of benzene rings is 2. The van der Waals surface area contributed by atoms with Crippen LogP contribution >= 0.6 is 0 Å². The van der Waals surface area contributed by atoms with Gasteiger partial charge in [-0.2, -0.15) is 0 Å². The highest BCUT2D eigenvalue weighted by molar-refractivity contribution is 5.88. The molecule has 0 unspecified atom stereocenters.